The molecule has 0 saturated heterocycles. The van der Waals surface area contributed by atoms with Gasteiger partial charge in [-0.1, -0.05) is 20.8 Å². The van der Waals surface area contributed by atoms with Crippen molar-refractivity contribution >= 4 is 39.6 Å². The molecule has 0 bridgehead atoms. The van der Waals surface area contributed by atoms with E-state index in [1.807, 2.05) is 30.8 Å². The summed E-state index contributed by atoms with van der Waals surface area (Å²) < 4.78 is 6.79. The Morgan fingerprint density at radius 2 is 2.12 bits per heavy atom. The van der Waals surface area contributed by atoms with Crippen molar-refractivity contribution in [2.75, 3.05) is 12.4 Å². The molecule has 0 aliphatic rings. The van der Waals surface area contributed by atoms with E-state index in [1.54, 1.807) is 6.20 Å². The van der Waals surface area contributed by atoms with Crippen LogP contribution in [0, 0.1) is 19.3 Å². The van der Waals surface area contributed by atoms with Crippen LogP contribution in [0.4, 0.5) is 5.00 Å². The van der Waals surface area contributed by atoms with Gasteiger partial charge in [0.05, 0.1) is 25.3 Å². The molecule has 26 heavy (non-hydrogen) atoms. The van der Waals surface area contributed by atoms with Crippen molar-refractivity contribution in [3.63, 3.8) is 0 Å². The quantitative estimate of drug-likeness (QED) is 0.595. The second-order valence-electron chi connectivity index (χ2n) is 7.22. The molecule has 2 aromatic heterocycles. The Kier molecular flexibility index (Phi) is 6.41. The fourth-order valence-electron chi connectivity index (χ4n) is 2.49. The van der Waals surface area contributed by atoms with Crippen LogP contribution in [0.2, 0.25) is 0 Å². The van der Waals surface area contributed by atoms with E-state index >= 15 is 0 Å². The van der Waals surface area contributed by atoms with Crippen LogP contribution in [-0.4, -0.2) is 34.0 Å². The van der Waals surface area contributed by atoms with Crippen LogP contribution in [0.15, 0.2) is 18.5 Å². The summed E-state index contributed by atoms with van der Waals surface area (Å²) >= 11 is 7.01. The third-order valence-electron chi connectivity index (χ3n) is 4.28. The van der Waals surface area contributed by atoms with E-state index < -0.39 is 0 Å². The fraction of sp³-hybridized carbons (Fsp3) is 0.500. The maximum Gasteiger partial charge on any atom is 0.341 e. The number of thiophene rings is 1. The summed E-state index contributed by atoms with van der Waals surface area (Å²) in [6.07, 6.45) is 3.69. The first-order valence-electron chi connectivity index (χ1n) is 8.36. The van der Waals surface area contributed by atoms with E-state index in [-0.39, 0.29) is 17.4 Å². The Morgan fingerprint density at radius 3 is 2.65 bits per heavy atom. The molecule has 0 aromatic carbocycles. The minimum atomic E-state index is -0.360. The van der Waals surface area contributed by atoms with E-state index in [1.165, 1.54) is 18.4 Å². The summed E-state index contributed by atoms with van der Waals surface area (Å²) in [6.45, 7) is 11.0. The molecule has 6 nitrogen and oxygen atoms in total. The molecule has 0 saturated carbocycles. The van der Waals surface area contributed by atoms with Crippen molar-refractivity contribution in [3.8, 4) is 0 Å². The highest BCUT2D eigenvalue weighted by molar-refractivity contribution is 7.80. The third kappa shape index (κ3) is 4.82. The maximum atomic E-state index is 12.1. The largest absolute Gasteiger partial charge is 0.465 e. The first kappa shape index (κ1) is 20.4. The second-order valence-corrected chi connectivity index (χ2v) is 8.86. The van der Waals surface area contributed by atoms with Gasteiger partial charge in [0, 0.05) is 17.3 Å². The van der Waals surface area contributed by atoms with Crippen LogP contribution in [-0.2, 0) is 11.3 Å². The van der Waals surface area contributed by atoms with Gasteiger partial charge in [-0.2, -0.15) is 5.10 Å². The number of esters is 1. The molecule has 0 fully saturated rings. The highest BCUT2D eigenvalue weighted by atomic mass is 32.1. The number of carbonyl (C=O) groups is 1. The summed E-state index contributed by atoms with van der Waals surface area (Å²) in [5, 5.41) is 12.0. The van der Waals surface area contributed by atoms with Crippen molar-refractivity contribution in [2.45, 2.75) is 47.2 Å². The Balaban J connectivity index is 2.16. The summed E-state index contributed by atoms with van der Waals surface area (Å²) in [5.41, 5.74) is 1.42. The average Bonchev–Trinajstić information content (AvgIpc) is 3.14. The summed E-state index contributed by atoms with van der Waals surface area (Å²) in [5.74, 6) is -0.360. The molecule has 0 radical (unpaired) electrons. The standard InChI is InChI=1S/C18H26N4O2S2/c1-11-12(2)26-15(14(11)16(23)24-6)21-17(25)20-13(18(3,4)5)10-22-9-7-8-19-22/h7-9,13H,10H2,1-6H3,(H2,20,21,25). The normalized spacial score (nSPS) is 12.5. The second kappa shape index (κ2) is 8.18. The SMILES string of the molecule is COC(=O)c1c(NC(=S)NC(Cn2cccn2)C(C)(C)C)sc(C)c1C. The van der Waals surface area contributed by atoms with E-state index in [2.05, 4.69) is 36.5 Å². The zero-order chi connectivity index (χ0) is 19.5. The third-order valence-corrected chi connectivity index (χ3v) is 5.62. The van der Waals surface area contributed by atoms with Gasteiger partial charge in [-0.05, 0) is 43.1 Å². The zero-order valence-electron chi connectivity index (χ0n) is 16.0. The van der Waals surface area contributed by atoms with Crippen LogP contribution >= 0.6 is 23.6 Å². The molecule has 2 aromatic rings. The van der Waals surface area contributed by atoms with Crippen LogP contribution in [0.3, 0.4) is 0 Å². The monoisotopic (exact) mass is 394 g/mol. The molecular formula is C18H26N4O2S2. The van der Waals surface area contributed by atoms with Crippen molar-refractivity contribution < 1.29 is 9.53 Å². The number of anilines is 1. The molecule has 8 heteroatoms. The van der Waals surface area contributed by atoms with Gasteiger partial charge in [0.2, 0.25) is 0 Å². The Labute approximate surface area is 163 Å². The minimum Gasteiger partial charge on any atom is -0.465 e. The number of hydrogen-bond acceptors (Lipinski definition) is 5. The highest BCUT2D eigenvalue weighted by Gasteiger charge is 2.27. The van der Waals surface area contributed by atoms with Crippen LogP contribution < -0.4 is 10.6 Å². The van der Waals surface area contributed by atoms with Gasteiger partial charge >= 0.3 is 5.97 Å². The Hall–Kier alpha value is -1.93. The lowest BCUT2D eigenvalue weighted by Crippen LogP contribution is -2.48. The number of nitrogens with zero attached hydrogens (tertiary/aromatic N) is 2. The van der Waals surface area contributed by atoms with E-state index in [9.17, 15) is 4.79 Å². The molecule has 2 heterocycles. The molecular weight excluding hydrogens is 368 g/mol. The maximum absolute atomic E-state index is 12.1. The molecule has 0 spiro atoms. The van der Waals surface area contributed by atoms with Gasteiger partial charge in [-0.25, -0.2) is 4.79 Å². The predicted molar refractivity (Wildman–Crippen MR) is 110 cm³/mol. The van der Waals surface area contributed by atoms with Gasteiger partial charge in [-0.3, -0.25) is 4.68 Å². The number of thiocarbonyl (C=S) groups is 1. The summed E-state index contributed by atoms with van der Waals surface area (Å²) in [7, 11) is 1.38. The molecule has 0 aliphatic carbocycles. The van der Waals surface area contributed by atoms with Crippen molar-refractivity contribution in [1.29, 1.82) is 0 Å². The van der Waals surface area contributed by atoms with Crippen LogP contribution in [0.25, 0.3) is 0 Å². The van der Waals surface area contributed by atoms with Crippen LogP contribution in [0.1, 0.15) is 41.6 Å². The summed E-state index contributed by atoms with van der Waals surface area (Å²) in [6, 6.07) is 1.96. The lowest BCUT2D eigenvalue weighted by atomic mass is 9.87. The fourth-order valence-corrected chi connectivity index (χ4v) is 3.85. The number of aryl methyl sites for hydroxylation is 1. The molecule has 0 amide bonds. The summed E-state index contributed by atoms with van der Waals surface area (Å²) in [4.78, 5) is 13.2. The first-order chi connectivity index (χ1) is 12.1. The van der Waals surface area contributed by atoms with Gasteiger partial charge in [-0.15, -0.1) is 11.3 Å². The molecule has 0 aliphatic heterocycles. The lowest BCUT2D eigenvalue weighted by Gasteiger charge is -2.32. The topological polar surface area (TPSA) is 68.2 Å². The van der Waals surface area contributed by atoms with Crippen molar-refractivity contribution in [1.82, 2.24) is 15.1 Å². The minimum absolute atomic E-state index is 0.0375. The van der Waals surface area contributed by atoms with Crippen LogP contribution in [0.5, 0.6) is 0 Å². The van der Waals surface area contributed by atoms with Gasteiger partial charge in [0.25, 0.3) is 0 Å². The number of ether oxygens (including phenoxy) is 1. The predicted octanol–water partition coefficient (Wildman–Crippen LogP) is 3.75. The number of carbonyl (C=O) groups excluding carboxylic acids is 1. The van der Waals surface area contributed by atoms with E-state index in [0.717, 1.165) is 10.4 Å². The highest BCUT2D eigenvalue weighted by Crippen LogP contribution is 2.33. The number of methoxy groups -OCH3 is 1. The van der Waals surface area contributed by atoms with Gasteiger partial charge < -0.3 is 15.4 Å². The molecule has 1 atom stereocenters. The van der Waals surface area contributed by atoms with Gasteiger partial charge in [0.15, 0.2) is 5.11 Å². The molecule has 2 N–H and O–H groups in total. The smallest absolute Gasteiger partial charge is 0.341 e. The number of aromatic nitrogens is 2. The average molecular weight is 395 g/mol. The van der Waals surface area contributed by atoms with Crippen molar-refractivity contribution in [2.24, 2.45) is 5.41 Å². The van der Waals surface area contributed by atoms with E-state index in [0.29, 0.717) is 22.2 Å². The van der Waals surface area contributed by atoms with Gasteiger partial charge in [0.1, 0.15) is 5.00 Å². The molecule has 1 unspecified atom stereocenters. The van der Waals surface area contributed by atoms with E-state index in [4.69, 9.17) is 17.0 Å². The Morgan fingerprint density at radius 1 is 1.42 bits per heavy atom. The zero-order valence-corrected chi connectivity index (χ0v) is 17.7. The lowest BCUT2D eigenvalue weighted by molar-refractivity contribution is 0.0601. The number of hydrogen-bond donors (Lipinski definition) is 2. The first-order valence-corrected chi connectivity index (χ1v) is 9.59. The molecule has 2 rings (SSSR count). The number of nitrogens with one attached hydrogen (secondary N) is 2. The number of rotatable bonds is 5. The molecule has 142 valence electrons. The van der Waals surface area contributed by atoms with Crippen molar-refractivity contribution in [3.05, 3.63) is 34.5 Å². The Bertz CT molecular complexity index is 776.